The van der Waals surface area contributed by atoms with E-state index in [1.54, 1.807) is 0 Å². The molecular formula is C23H37N3O. The van der Waals surface area contributed by atoms with Crippen LogP contribution in [-0.2, 0) is 0 Å². The second-order valence-corrected chi connectivity index (χ2v) is 9.07. The highest BCUT2D eigenvalue weighted by Gasteiger charge is 2.26. The largest absolute Gasteiger partial charge is 0.352 e. The summed E-state index contributed by atoms with van der Waals surface area (Å²) in [5, 5.41) is 3.21. The summed E-state index contributed by atoms with van der Waals surface area (Å²) in [7, 11) is 0. The first kappa shape index (κ1) is 20.3. The second kappa shape index (κ2) is 9.68. The molecule has 4 heteroatoms. The Kier molecular flexibility index (Phi) is 7.28. The Morgan fingerprint density at radius 2 is 1.85 bits per heavy atom. The van der Waals surface area contributed by atoms with Gasteiger partial charge in [-0.3, -0.25) is 9.78 Å². The van der Waals surface area contributed by atoms with Gasteiger partial charge in [-0.2, -0.15) is 0 Å². The maximum atomic E-state index is 12.9. The number of likely N-dealkylation sites (tertiary alicyclic amines) is 1. The van der Waals surface area contributed by atoms with E-state index in [9.17, 15) is 4.79 Å². The van der Waals surface area contributed by atoms with Gasteiger partial charge in [-0.1, -0.05) is 33.1 Å². The van der Waals surface area contributed by atoms with Crippen molar-refractivity contribution in [2.24, 2.45) is 11.8 Å². The van der Waals surface area contributed by atoms with Gasteiger partial charge in [0.2, 0.25) is 0 Å². The first-order valence-electron chi connectivity index (χ1n) is 11.0. The molecule has 1 amide bonds. The van der Waals surface area contributed by atoms with Gasteiger partial charge in [0.1, 0.15) is 0 Å². The van der Waals surface area contributed by atoms with Gasteiger partial charge < -0.3 is 10.2 Å². The summed E-state index contributed by atoms with van der Waals surface area (Å²) in [6.45, 7) is 10.8. The van der Waals surface area contributed by atoms with Gasteiger partial charge in [0, 0.05) is 24.7 Å². The zero-order valence-corrected chi connectivity index (χ0v) is 17.5. The van der Waals surface area contributed by atoms with Gasteiger partial charge in [0.15, 0.2) is 0 Å². The van der Waals surface area contributed by atoms with E-state index in [1.807, 2.05) is 19.1 Å². The molecule has 0 bridgehead atoms. The molecule has 0 aromatic carbocycles. The van der Waals surface area contributed by atoms with Crippen molar-refractivity contribution in [2.45, 2.75) is 71.6 Å². The molecule has 1 aliphatic carbocycles. The van der Waals surface area contributed by atoms with E-state index in [-0.39, 0.29) is 5.91 Å². The van der Waals surface area contributed by atoms with Crippen LogP contribution in [0.2, 0.25) is 0 Å². The number of nitrogens with one attached hydrogen (secondary N) is 1. The normalized spacial score (nSPS) is 20.1. The number of pyridine rings is 1. The highest BCUT2D eigenvalue weighted by molar-refractivity contribution is 5.95. The summed E-state index contributed by atoms with van der Waals surface area (Å²) in [5.74, 6) is 1.85. The van der Waals surface area contributed by atoms with Crippen LogP contribution in [0.1, 0.15) is 86.5 Å². The zero-order chi connectivity index (χ0) is 19.2. The Labute approximate surface area is 165 Å². The van der Waals surface area contributed by atoms with E-state index in [2.05, 4.69) is 24.1 Å². The smallest absolute Gasteiger partial charge is 0.253 e. The molecule has 0 spiro atoms. The van der Waals surface area contributed by atoms with Crippen LogP contribution in [0.3, 0.4) is 0 Å². The quantitative estimate of drug-likeness (QED) is 0.799. The molecule has 0 unspecified atom stereocenters. The molecule has 1 saturated carbocycles. The molecule has 27 heavy (non-hydrogen) atoms. The van der Waals surface area contributed by atoms with Crippen molar-refractivity contribution >= 4 is 5.91 Å². The van der Waals surface area contributed by atoms with Crippen molar-refractivity contribution in [2.75, 3.05) is 26.2 Å². The number of piperidine rings is 1. The summed E-state index contributed by atoms with van der Waals surface area (Å²) >= 11 is 0. The number of carbonyl (C=O) groups excluding carboxylic acids is 1. The number of aromatic nitrogens is 1. The highest BCUT2D eigenvalue weighted by atomic mass is 16.1. The highest BCUT2D eigenvalue weighted by Crippen LogP contribution is 2.30. The molecule has 1 N–H and O–H groups in total. The molecule has 0 atom stereocenters. The summed E-state index contributed by atoms with van der Waals surface area (Å²) in [5.41, 5.74) is 2.84. The molecule has 1 aliphatic heterocycles. The van der Waals surface area contributed by atoms with Gasteiger partial charge in [0.25, 0.3) is 5.91 Å². The minimum Gasteiger partial charge on any atom is -0.352 e. The minimum absolute atomic E-state index is 0.0766. The topological polar surface area (TPSA) is 45.2 Å². The molecule has 1 aromatic rings. The van der Waals surface area contributed by atoms with Gasteiger partial charge in [0.05, 0.1) is 11.3 Å². The van der Waals surface area contributed by atoms with Gasteiger partial charge in [-0.15, -0.1) is 0 Å². The van der Waals surface area contributed by atoms with Crippen LogP contribution in [0.4, 0.5) is 0 Å². The molecule has 2 aliphatic rings. The van der Waals surface area contributed by atoms with Gasteiger partial charge in [-0.05, 0) is 69.7 Å². The molecule has 1 saturated heterocycles. The fraction of sp³-hybridized carbons (Fsp3) is 0.739. The Morgan fingerprint density at radius 1 is 1.15 bits per heavy atom. The molecule has 4 nitrogen and oxygen atoms in total. The molecule has 2 fully saturated rings. The maximum Gasteiger partial charge on any atom is 0.253 e. The van der Waals surface area contributed by atoms with E-state index < -0.39 is 0 Å². The Morgan fingerprint density at radius 3 is 2.52 bits per heavy atom. The lowest BCUT2D eigenvalue weighted by atomic mass is 9.88. The Balaban J connectivity index is 1.63. The number of amides is 1. The summed E-state index contributed by atoms with van der Waals surface area (Å²) < 4.78 is 0. The van der Waals surface area contributed by atoms with Crippen molar-refractivity contribution in [3.05, 3.63) is 29.1 Å². The van der Waals surface area contributed by atoms with Crippen LogP contribution in [0, 0.1) is 18.8 Å². The monoisotopic (exact) mass is 371 g/mol. The van der Waals surface area contributed by atoms with Crippen molar-refractivity contribution in [3.8, 4) is 0 Å². The molecule has 150 valence electrons. The number of aryl methyl sites for hydroxylation is 1. The van der Waals surface area contributed by atoms with Crippen LogP contribution in [0.5, 0.6) is 0 Å². The van der Waals surface area contributed by atoms with Crippen LogP contribution in [0.25, 0.3) is 0 Å². The standard InChI is InChI=1S/C23H37N3O/c1-17(2)16-26-13-11-20(12-14-26)22-21(10-9-18(3)25-22)23(27)24-15-19-7-5-4-6-8-19/h9-10,17,19-20H,4-8,11-16H2,1-3H3,(H,24,27). The van der Waals surface area contributed by atoms with Crippen molar-refractivity contribution < 1.29 is 4.79 Å². The van der Waals surface area contributed by atoms with Gasteiger partial charge >= 0.3 is 0 Å². The average Bonchev–Trinajstić information content (AvgIpc) is 2.67. The fourth-order valence-electron chi connectivity index (χ4n) is 4.71. The number of rotatable bonds is 6. The first-order chi connectivity index (χ1) is 13.0. The maximum absolute atomic E-state index is 12.9. The number of carbonyl (C=O) groups is 1. The third kappa shape index (κ3) is 5.78. The van der Waals surface area contributed by atoms with Crippen LogP contribution in [0.15, 0.2) is 12.1 Å². The fourth-order valence-corrected chi connectivity index (χ4v) is 4.71. The lowest BCUT2D eigenvalue weighted by Crippen LogP contribution is -2.36. The van der Waals surface area contributed by atoms with E-state index in [0.717, 1.165) is 49.4 Å². The van der Waals surface area contributed by atoms with Crippen LogP contribution >= 0.6 is 0 Å². The molecule has 0 radical (unpaired) electrons. The van der Waals surface area contributed by atoms with Crippen LogP contribution < -0.4 is 5.32 Å². The van der Waals surface area contributed by atoms with E-state index >= 15 is 0 Å². The van der Waals surface area contributed by atoms with Crippen LogP contribution in [-0.4, -0.2) is 42.0 Å². The predicted octanol–water partition coefficient (Wildman–Crippen LogP) is 4.54. The number of hydrogen-bond donors (Lipinski definition) is 1. The lowest BCUT2D eigenvalue weighted by molar-refractivity contribution is 0.0940. The molecule has 3 rings (SSSR count). The third-order valence-corrected chi connectivity index (χ3v) is 6.18. The molecular weight excluding hydrogens is 334 g/mol. The van der Waals surface area contributed by atoms with E-state index in [4.69, 9.17) is 4.98 Å². The number of hydrogen-bond acceptors (Lipinski definition) is 3. The second-order valence-electron chi connectivity index (χ2n) is 9.07. The van der Waals surface area contributed by atoms with E-state index in [0.29, 0.717) is 17.8 Å². The summed E-state index contributed by atoms with van der Waals surface area (Å²) in [4.78, 5) is 20.3. The Hall–Kier alpha value is -1.42. The van der Waals surface area contributed by atoms with Gasteiger partial charge in [-0.25, -0.2) is 0 Å². The SMILES string of the molecule is Cc1ccc(C(=O)NCC2CCCCC2)c(C2CCN(CC(C)C)CC2)n1. The predicted molar refractivity (Wildman–Crippen MR) is 111 cm³/mol. The lowest BCUT2D eigenvalue weighted by Gasteiger charge is -2.33. The van der Waals surface area contributed by atoms with Crippen molar-refractivity contribution in [3.63, 3.8) is 0 Å². The molecule has 2 heterocycles. The van der Waals surface area contributed by atoms with Crippen molar-refractivity contribution in [1.29, 1.82) is 0 Å². The minimum atomic E-state index is 0.0766. The van der Waals surface area contributed by atoms with Crippen molar-refractivity contribution in [1.82, 2.24) is 15.2 Å². The summed E-state index contributed by atoms with van der Waals surface area (Å²) in [6.07, 6.45) is 8.70. The average molecular weight is 372 g/mol. The zero-order valence-electron chi connectivity index (χ0n) is 17.5. The number of nitrogens with zero attached hydrogens (tertiary/aromatic N) is 2. The van der Waals surface area contributed by atoms with E-state index in [1.165, 1.54) is 38.6 Å². The summed E-state index contributed by atoms with van der Waals surface area (Å²) in [6, 6.07) is 3.97. The third-order valence-electron chi connectivity index (χ3n) is 6.18. The first-order valence-corrected chi connectivity index (χ1v) is 11.0. The Bertz CT molecular complexity index is 614. The molecule has 1 aromatic heterocycles.